The predicted octanol–water partition coefficient (Wildman–Crippen LogP) is 9.37. The minimum Gasteiger partial charge on any atom is -0.497 e. The van der Waals surface area contributed by atoms with Crippen molar-refractivity contribution < 1.29 is 14.2 Å². The maximum atomic E-state index is 15.1. The van der Waals surface area contributed by atoms with Gasteiger partial charge in [0.25, 0.3) is 0 Å². The van der Waals surface area contributed by atoms with E-state index in [-0.39, 0.29) is 11.7 Å². The number of hydrogen-bond acceptors (Lipinski definition) is 3. The molecule has 2 unspecified atom stereocenters. The molecule has 4 heteroatoms. The van der Waals surface area contributed by atoms with E-state index in [1.54, 1.807) is 13.2 Å². The smallest absolute Gasteiger partial charge is 0.126 e. The van der Waals surface area contributed by atoms with Crippen molar-refractivity contribution in [3.05, 3.63) is 53.3 Å². The lowest BCUT2D eigenvalue weighted by atomic mass is 9.64. The van der Waals surface area contributed by atoms with Crippen molar-refractivity contribution in [2.24, 2.45) is 11.3 Å². The molecule has 1 aliphatic rings. The lowest BCUT2D eigenvalue weighted by Gasteiger charge is -2.45. The predicted molar refractivity (Wildman–Crippen MR) is 156 cm³/mol. The zero-order valence-electron chi connectivity index (χ0n) is 23.5. The molecule has 2 atom stereocenters. The van der Waals surface area contributed by atoms with Crippen molar-refractivity contribution in [2.45, 2.75) is 104 Å². The molecule has 1 aliphatic carbocycles. The van der Waals surface area contributed by atoms with E-state index < -0.39 is 11.0 Å². The Morgan fingerprint density at radius 2 is 1.58 bits per heavy atom. The number of unbranched alkanes of at least 4 members (excludes halogenated alkanes) is 4. The van der Waals surface area contributed by atoms with Gasteiger partial charge in [-0.15, -0.1) is 0 Å². The summed E-state index contributed by atoms with van der Waals surface area (Å²) < 4.78 is 20.4. The van der Waals surface area contributed by atoms with E-state index in [2.05, 4.69) is 47.2 Å². The number of hydrogen-bond donors (Lipinski definition) is 2. The van der Waals surface area contributed by atoms with E-state index in [0.29, 0.717) is 12.0 Å². The van der Waals surface area contributed by atoms with E-state index in [4.69, 9.17) is 4.74 Å². The number of fused-ring (bicyclic) bond motifs is 1. The summed E-state index contributed by atoms with van der Waals surface area (Å²) in [6.45, 7) is 10.8. The molecule has 0 saturated carbocycles. The monoisotopic (exact) mass is 516 g/mol. The molecule has 202 valence electrons. The number of benzene rings is 2. The van der Waals surface area contributed by atoms with E-state index in [9.17, 15) is 5.11 Å². The molecule has 2 aromatic carbocycles. The van der Waals surface area contributed by atoms with Crippen molar-refractivity contribution in [2.75, 3.05) is 12.9 Å². The largest absolute Gasteiger partial charge is 0.497 e. The van der Waals surface area contributed by atoms with Gasteiger partial charge in [0, 0.05) is 5.41 Å². The number of rotatable bonds is 12. The highest BCUT2D eigenvalue weighted by atomic mass is 32.1. The van der Waals surface area contributed by atoms with Gasteiger partial charge in [0.15, 0.2) is 0 Å². The first-order chi connectivity index (χ1) is 17.2. The molecule has 2 aromatic rings. The number of halogens is 1. The molecule has 2 nitrogen and oxygen atoms in total. The molecule has 0 spiro atoms. The molecule has 0 heterocycles. The Morgan fingerprint density at radius 3 is 2.11 bits per heavy atom. The fourth-order valence-electron chi connectivity index (χ4n) is 5.86. The molecule has 0 bridgehead atoms. The molecular weight excluding hydrogens is 467 g/mol. The SMILES string of the molecule is CCCC(CCCCCS)C1(O)c2c(-c3ccc(OC)cc3)ccc(F)c2CC1(C)C.CCCCC. The normalized spacial score (nSPS) is 18.8. The van der Waals surface area contributed by atoms with Crippen molar-refractivity contribution >= 4 is 12.6 Å². The number of ether oxygens (including phenoxy) is 1. The van der Waals surface area contributed by atoms with Crippen LogP contribution in [0, 0.1) is 17.2 Å². The summed E-state index contributed by atoms with van der Waals surface area (Å²) in [4.78, 5) is 0. The first-order valence-corrected chi connectivity index (χ1v) is 14.6. The highest BCUT2D eigenvalue weighted by molar-refractivity contribution is 7.80. The van der Waals surface area contributed by atoms with E-state index in [1.165, 1.54) is 19.3 Å². The van der Waals surface area contributed by atoms with Gasteiger partial charge in [0.05, 0.1) is 12.7 Å². The number of methoxy groups -OCH3 is 1. The Morgan fingerprint density at radius 1 is 0.917 bits per heavy atom. The standard InChI is InChI=1S/C27H37FO2S.C5H12/c1-5-9-20(10-7-6-8-17-31)27(29)25-22(19-11-13-21(30-4)14-12-19)15-16-24(28)23(25)18-26(27,2)3;1-3-5-4-2/h11-16,20,29,31H,5-10,17-18H2,1-4H3;3-5H2,1-2H3. The molecular formula is C32H49FO2S. The zero-order chi connectivity index (χ0) is 26.8. The van der Waals surface area contributed by atoms with Gasteiger partial charge in [-0.1, -0.05) is 91.3 Å². The molecule has 36 heavy (non-hydrogen) atoms. The molecule has 3 rings (SSSR count). The first-order valence-electron chi connectivity index (χ1n) is 14.0. The van der Waals surface area contributed by atoms with Crippen LogP contribution in [0.25, 0.3) is 11.1 Å². The topological polar surface area (TPSA) is 29.5 Å². The highest BCUT2D eigenvalue weighted by Gasteiger charge is 2.56. The summed E-state index contributed by atoms with van der Waals surface area (Å²) in [5.41, 5.74) is 1.88. The van der Waals surface area contributed by atoms with Gasteiger partial charge in [-0.05, 0) is 77.8 Å². The summed E-state index contributed by atoms with van der Waals surface area (Å²) in [6, 6.07) is 11.2. The van der Waals surface area contributed by atoms with Crippen LogP contribution in [0.15, 0.2) is 36.4 Å². The quantitative estimate of drug-likeness (QED) is 0.217. The van der Waals surface area contributed by atoms with Crippen LogP contribution in [-0.4, -0.2) is 18.0 Å². The van der Waals surface area contributed by atoms with Gasteiger partial charge >= 0.3 is 0 Å². The van der Waals surface area contributed by atoms with Gasteiger partial charge in [-0.2, -0.15) is 12.6 Å². The van der Waals surface area contributed by atoms with Gasteiger partial charge in [-0.25, -0.2) is 4.39 Å². The molecule has 0 amide bonds. The summed E-state index contributed by atoms with van der Waals surface area (Å²) in [7, 11) is 1.65. The van der Waals surface area contributed by atoms with Gasteiger partial charge in [0.2, 0.25) is 0 Å². The molecule has 0 aliphatic heterocycles. The van der Waals surface area contributed by atoms with Crippen LogP contribution in [0.1, 0.15) is 104 Å². The van der Waals surface area contributed by atoms with Crippen LogP contribution in [0.5, 0.6) is 5.75 Å². The number of thiol groups is 1. The van der Waals surface area contributed by atoms with Crippen LogP contribution in [-0.2, 0) is 12.0 Å². The van der Waals surface area contributed by atoms with Crippen molar-refractivity contribution in [1.29, 1.82) is 0 Å². The third-order valence-corrected chi connectivity index (χ3v) is 8.15. The van der Waals surface area contributed by atoms with Gasteiger partial charge in [-0.3, -0.25) is 0 Å². The van der Waals surface area contributed by atoms with Gasteiger partial charge in [0.1, 0.15) is 11.6 Å². The third-order valence-electron chi connectivity index (χ3n) is 7.83. The number of aliphatic hydroxyl groups is 1. The van der Waals surface area contributed by atoms with Crippen molar-refractivity contribution in [3.8, 4) is 16.9 Å². The fourth-order valence-corrected chi connectivity index (χ4v) is 6.08. The Balaban J connectivity index is 0.000000830. The molecule has 0 saturated heterocycles. The van der Waals surface area contributed by atoms with Crippen LogP contribution in [0.4, 0.5) is 4.39 Å². The van der Waals surface area contributed by atoms with Crippen LogP contribution < -0.4 is 4.74 Å². The van der Waals surface area contributed by atoms with Crippen LogP contribution >= 0.6 is 12.6 Å². The minimum atomic E-state index is -1.07. The maximum absolute atomic E-state index is 15.1. The van der Waals surface area contributed by atoms with E-state index >= 15 is 4.39 Å². The summed E-state index contributed by atoms with van der Waals surface area (Å²) >= 11 is 4.33. The van der Waals surface area contributed by atoms with E-state index in [1.807, 2.05) is 30.3 Å². The average molecular weight is 517 g/mol. The van der Waals surface area contributed by atoms with Gasteiger partial charge < -0.3 is 9.84 Å². The molecule has 0 aromatic heterocycles. The molecule has 0 radical (unpaired) electrons. The Kier molecular flexibility index (Phi) is 12.3. The van der Waals surface area contributed by atoms with Crippen molar-refractivity contribution in [1.82, 2.24) is 0 Å². The summed E-state index contributed by atoms with van der Waals surface area (Å²) in [6.07, 6.45) is 10.8. The second-order valence-electron chi connectivity index (χ2n) is 10.9. The third kappa shape index (κ3) is 6.86. The second kappa shape index (κ2) is 14.4. The first kappa shape index (κ1) is 30.7. The second-order valence-corrected chi connectivity index (χ2v) is 11.4. The maximum Gasteiger partial charge on any atom is 0.126 e. The minimum absolute atomic E-state index is 0.0902. The average Bonchev–Trinajstić information content (AvgIpc) is 3.09. The lowest BCUT2D eigenvalue weighted by Crippen LogP contribution is -2.45. The zero-order valence-corrected chi connectivity index (χ0v) is 24.4. The Hall–Kier alpha value is -1.52. The van der Waals surface area contributed by atoms with Crippen molar-refractivity contribution in [3.63, 3.8) is 0 Å². The summed E-state index contributed by atoms with van der Waals surface area (Å²) in [5.74, 6) is 1.56. The Labute approximate surface area is 225 Å². The van der Waals surface area contributed by atoms with Crippen LogP contribution in [0.3, 0.4) is 0 Å². The fraction of sp³-hybridized carbons (Fsp3) is 0.625. The molecule has 1 N–H and O–H groups in total. The highest BCUT2D eigenvalue weighted by Crippen LogP contribution is 2.59. The summed E-state index contributed by atoms with van der Waals surface area (Å²) in [5, 5.41) is 12.5. The Bertz CT molecular complexity index is 922. The van der Waals surface area contributed by atoms with E-state index in [0.717, 1.165) is 66.7 Å². The van der Waals surface area contributed by atoms with Crippen LogP contribution in [0.2, 0.25) is 0 Å². The lowest BCUT2D eigenvalue weighted by molar-refractivity contribution is -0.113. The molecule has 0 fully saturated rings.